The first-order valence-electron chi connectivity index (χ1n) is 7.29. The van der Waals surface area contributed by atoms with E-state index in [2.05, 4.69) is 31.4 Å². The first-order chi connectivity index (χ1) is 9.06. The third-order valence-electron chi connectivity index (χ3n) is 3.25. The predicted molar refractivity (Wildman–Crippen MR) is 81.0 cm³/mol. The van der Waals surface area contributed by atoms with Crippen LogP contribution in [0.1, 0.15) is 58.6 Å². The summed E-state index contributed by atoms with van der Waals surface area (Å²) in [6.07, 6.45) is 3.70. The number of nitrogens with one attached hydrogen (secondary N) is 1. The summed E-state index contributed by atoms with van der Waals surface area (Å²) >= 11 is 0. The molecule has 3 nitrogen and oxygen atoms in total. The molecule has 0 aliphatic rings. The van der Waals surface area contributed by atoms with Crippen LogP contribution in [-0.4, -0.2) is 6.10 Å². The molecule has 108 valence electrons. The third kappa shape index (κ3) is 5.62. The Morgan fingerprint density at radius 1 is 1.26 bits per heavy atom. The molecule has 1 aromatic rings. The SMILES string of the molecule is CCCC(C)CC(NN)c1cccc(OC(C)C)c1. The molecule has 3 N–H and O–H groups in total. The van der Waals surface area contributed by atoms with Crippen LogP contribution in [0.25, 0.3) is 0 Å². The summed E-state index contributed by atoms with van der Waals surface area (Å²) < 4.78 is 5.73. The van der Waals surface area contributed by atoms with Gasteiger partial charge in [0.1, 0.15) is 5.75 Å². The second-order valence-electron chi connectivity index (χ2n) is 5.59. The van der Waals surface area contributed by atoms with Gasteiger partial charge in [0.05, 0.1) is 6.10 Å². The summed E-state index contributed by atoms with van der Waals surface area (Å²) in [4.78, 5) is 0. The molecule has 3 heteroatoms. The van der Waals surface area contributed by atoms with Gasteiger partial charge in [0.2, 0.25) is 0 Å². The van der Waals surface area contributed by atoms with Crippen molar-refractivity contribution in [2.75, 3.05) is 0 Å². The lowest BCUT2D eigenvalue weighted by atomic mass is 9.93. The van der Waals surface area contributed by atoms with Gasteiger partial charge in [-0.1, -0.05) is 38.8 Å². The van der Waals surface area contributed by atoms with Crippen LogP contribution in [0.3, 0.4) is 0 Å². The number of hydrogen-bond donors (Lipinski definition) is 2. The molecular formula is C16H28N2O. The second kappa shape index (κ2) is 8.18. The first kappa shape index (κ1) is 16.0. The molecule has 19 heavy (non-hydrogen) atoms. The maximum atomic E-state index is 5.73. The number of hydrogen-bond acceptors (Lipinski definition) is 3. The molecule has 2 unspecified atom stereocenters. The van der Waals surface area contributed by atoms with Gasteiger partial charge in [-0.25, -0.2) is 0 Å². The van der Waals surface area contributed by atoms with Crippen molar-refractivity contribution in [3.05, 3.63) is 29.8 Å². The Morgan fingerprint density at radius 3 is 2.58 bits per heavy atom. The van der Waals surface area contributed by atoms with Gasteiger partial charge in [0.15, 0.2) is 0 Å². The average Bonchev–Trinajstić information content (AvgIpc) is 2.35. The lowest BCUT2D eigenvalue weighted by Crippen LogP contribution is -2.29. The summed E-state index contributed by atoms with van der Waals surface area (Å²) in [5.41, 5.74) is 4.13. The monoisotopic (exact) mass is 264 g/mol. The maximum absolute atomic E-state index is 5.73. The minimum absolute atomic E-state index is 0.192. The predicted octanol–water partition coefficient (Wildman–Crippen LogP) is 3.80. The lowest BCUT2D eigenvalue weighted by Gasteiger charge is -2.21. The molecule has 0 bridgehead atoms. The van der Waals surface area contributed by atoms with Crippen LogP contribution >= 0.6 is 0 Å². The van der Waals surface area contributed by atoms with Crippen LogP contribution in [0.5, 0.6) is 5.75 Å². The molecule has 2 atom stereocenters. The van der Waals surface area contributed by atoms with E-state index in [1.54, 1.807) is 0 Å². The van der Waals surface area contributed by atoms with Gasteiger partial charge >= 0.3 is 0 Å². The Labute approximate surface area is 117 Å². The maximum Gasteiger partial charge on any atom is 0.120 e. The van der Waals surface area contributed by atoms with E-state index in [9.17, 15) is 0 Å². The van der Waals surface area contributed by atoms with Gasteiger partial charge in [-0.05, 0) is 43.9 Å². The largest absolute Gasteiger partial charge is 0.491 e. The van der Waals surface area contributed by atoms with E-state index in [-0.39, 0.29) is 12.1 Å². The zero-order chi connectivity index (χ0) is 14.3. The molecule has 0 spiro atoms. The van der Waals surface area contributed by atoms with Crippen LogP contribution in [0.15, 0.2) is 24.3 Å². The lowest BCUT2D eigenvalue weighted by molar-refractivity contribution is 0.242. The molecule has 0 heterocycles. The summed E-state index contributed by atoms with van der Waals surface area (Å²) in [6, 6.07) is 8.41. The quantitative estimate of drug-likeness (QED) is 0.554. The van der Waals surface area contributed by atoms with Crippen molar-refractivity contribution < 1.29 is 4.74 Å². The Morgan fingerprint density at radius 2 is 2.00 bits per heavy atom. The molecule has 0 saturated heterocycles. The van der Waals surface area contributed by atoms with E-state index in [1.165, 1.54) is 18.4 Å². The number of ether oxygens (including phenoxy) is 1. The summed E-state index contributed by atoms with van der Waals surface area (Å²) in [6.45, 7) is 8.57. The van der Waals surface area contributed by atoms with Gasteiger partial charge in [-0.2, -0.15) is 0 Å². The number of nitrogens with two attached hydrogens (primary N) is 1. The van der Waals surface area contributed by atoms with Gasteiger partial charge < -0.3 is 4.74 Å². The van der Waals surface area contributed by atoms with Gasteiger partial charge in [-0.3, -0.25) is 11.3 Å². The number of benzene rings is 1. The Balaban J connectivity index is 2.74. The molecule has 0 fully saturated rings. The second-order valence-corrected chi connectivity index (χ2v) is 5.59. The zero-order valence-electron chi connectivity index (χ0n) is 12.6. The van der Waals surface area contributed by atoms with Crippen molar-refractivity contribution in [3.8, 4) is 5.75 Å². The van der Waals surface area contributed by atoms with Gasteiger partial charge in [0.25, 0.3) is 0 Å². The number of rotatable bonds is 8. The van der Waals surface area contributed by atoms with E-state index in [1.807, 2.05) is 26.0 Å². The van der Waals surface area contributed by atoms with Crippen molar-refractivity contribution in [3.63, 3.8) is 0 Å². The third-order valence-corrected chi connectivity index (χ3v) is 3.25. The Hall–Kier alpha value is -1.06. The molecule has 0 radical (unpaired) electrons. The van der Waals surface area contributed by atoms with Crippen LogP contribution in [-0.2, 0) is 0 Å². The summed E-state index contributed by atoms with van der Waals surface area (Å²) in [5, 5.41) is 0. The van der Waals surface area contributed by atoms with Crippen molar-refractivity contribution in [1.29, 1.82) is 0 Å². The van der Waals surface area contributed by atoms with E-state index < -0.39 is 0 Å². The van der Waals surface area contributed by atoms with Crippen molar-refractivity contribution in [2.24, 2.45) is 11.8 Å². The van der Waals surface area contributed by atoms with Gasteiger partial charge in [-0.15, -0.1) is 0 Å². The van der Waals surface area contributed by atoms with Crippen molar-refractivity contribution in [2.45, 2.75) is 59.1 Å². The fraction of sp³-hybridized carbons (Fsp3) is 0.625. The minimum Gasteiger partial charge on any atom is -0.491 e. The van der Waals surface area contributed by atoms with Crippen LogP contribution in [0, 0.1) is 5.92 Å². The molecule has 0 aromatic heterocycles. The normalized spacial score (nSPS) is 14.4. The minimum atomic E-state index is 0.192. The van der Waals surface area contributed by atoms with E-state index >= 15 is 0 Å². The standard InChI is InChI=1S/C16H28N2O/c1-5-7-13(4)10-16(18-17)14-8-6-9-15(11-14)19-12(2)3/h6,8-9,11-13,16,18H,5,7,10,17H2,1-4H3. The van der Waals surface area contributed by atoms with Crippen molar-refractivity contribution >= 4 is 0 Å². The fourth-order valence-electron chi connectivity index (χ4n) is 2.39. The molecule has 0 amide bonds. The van der Waals surface area contributed by atoms with Gasteiger partial charge in [0, 0.05) is 6.04 Å². The summed E-state index contributed by atoms with van der Waals surface area (Å²) in [7, 11) is 0. The highest BCUT2D eigenvalue weighted by Gasteiger charge is 2.14. The smallest absolute Gasteiger partial charge is 0.120 e. The molecule has 0 saturated carbocycles. The average molecular weight is 264 g/mol. The highest BCUT2D eigenvalue weighted by Crippen LogP contribution is 2.26. The molecule has 0 aliphatic carbocycles. The Bertz CT molecular complexity index is 366. The number of hydrazine groups is 1. The fourth-order valence-corrected chi connectivity index (χ4v) is 2.39. The Kier molecular flexibility index (Phi) is 6.89. The summed E-state index contributed by atoms with van der Waals surface area (Å²) in [5.74, 6) is 7.29. The van der Waals surface area contributed by atoms with Crippen LogP contribution < -0.4 is 16.0 Å². The van der Waals surface area contributed by atoms with E-state index in [0.29, 0.717) is 5.92 Å². The topological polar surface area (TPSA) is 47.3 Å². The van der Waals surface area contributed by atoms with Crippen LogP contribution in [0.4, 0.5) is 0 Å². The zero-order valence-corrected chi connectivity index (χ0v) is 12.6. The molecule has 0 aliphatic heterocycles. The first-order valence-corrected chi connectivity index (χ1v) is 7.29. The molecule has 1 aromatic carbocycles. The molecular weight excluding hydrogens is 236 g/mol. The van der Waals surface area contributed by atoms with E-state index in [0.717, 1.165) is 12.2 Å². The van der Waals surface area contributed by atoms with Crippen molar-refractivity contribution in [1.82, 2.24) is 5.43 Å². The van der Waals surface area contributed by atoms with E-state index in [4.69, 9.17) is 10.6 Å². The highest BCUT2D eigenvalue weighted by molar-refractivity contribution is 5.30. The molecule has 1 rings (SSSR count). The van der Waals surface area contributed by atoms with Crippen LogP contribution in [0.2, 0.25) is 0 Å². The highest BCUT2D eigenvalue weighted by atomic mass is 16.5.